The largest absolute Gasteiger partial charge is 0.378 e. The quantitative estimate of drug-likeness (QED) is 0.408. The van der Waals surface area contributed by atoms with Gasteiger partial charge in [0.05, 0.1) is 11.8 Å². The van der Waals surface area contributed by atoms with Gasteiger partial charge in [-0.1, -0.05) is 88.5 Å². The lowest BCUT2D eigenvalue weighted by Gasteiger charge is -2.26. The van der Waals surface area contributed by atoms with Crippen molar-refractivity contribution in [2.75, 3.05) is 5.75 Å². The Hall–Kier alpha value is -2.85. The maximum atomic E-state index is 13.2. The van der Waals surface area contributed by atoms with Gasteiger partial charge in [0.1, 0.15) is 0 Å². The topological polar surface area (TPSA) is 46.2 Å². The number of rotatable bonds is 10. The Bertz CT molecular complexity index is 1130. The van der Waals surface area contributed by atoms with Crippen LogP contribution in [-0.4, -0.2) is 23.4 Å². The van der Waals surface area contributed by atoms with Crippen molar-refractivity contribution < 1.29 is 9.59 Å². The van der Waals surface area contributed by atoms with Crippen LogP contribution in [-0.2, 0) is 9.59 Å². The van der Waals surface area contributed by atoms with Crippen molar-refractivity contribution in [1.82, 2.24) is 5.32 Å². The van der Waals surface area contributed by atoms with Crippen LogP contribution in [0.25, 0.3) is 5.57 Å². The Balaban J connectivity index is 1.84. The second-order valence-electron chi connectivity index (χ2n) is 9.33. The zero-order chi connectivity index (χ0) is 25.0. The molecule has 1 heterocycles. The first kappa shape index (κ1) is 25.8. The third-order valence-electron chi connectivity index (χ3n) is 6.60. The molecule has 0 saturated carbocycles. The molecular weight excluding hydrogens is 438 g/mol. The molecule has 1 aliphatic rings. The minimum Gasteiger partial charge on any atom is -0.378 e. The minimum absolute atomic E-state index is 0.0226. The van der Waals surface area contributed by atoms with E-state index in [1.54, 1.807) is 6.92 Å². The molecule has 0 aromatic heterocycles. The highest BCUT2D eigenvalue weighted by Crippen LogP contribution is 2.43. The fourth-order valence-electron chi connectivity index (χ4n) is 4.90. The zero-order valence-corrected chi connectivity index (χ0v) is 21.7. The summed E-state index contributed by atoms with van der Waals surface area (Å²) in [7, 11) is 0. The van der Waals surface area contributed by atoms with E-state index >= 15 is 0 Å². The van der Waals surface area contributed by atoms with E-state index in [0.29, 0.717) is 11.7 Å². The number of Topliss-reactive ketones (excluding diaryl/α,β-unsaturated/α-hetero) is 2. The maximum absolute atomic E-state index is 13.2. The van der Waals surface area contributed by atoms with Gasteiger partial charge in [0.25, 0.3) is 0 Å². The summed E-state index contributed by atoms with van der Waals surface area (Å²) in [6.45, 7) is 18.6. The molecule has 3 nitrogen and oxygen atoms in total. The first-order chi connectivity index (χ1) is 16.1. The van der Waals surface area contributed by atoms with E-state index < -0.39 is 0 Å². The smallest absolute Gasteiger partial charge is 0.165 e. The number of benzene rings is 2. The summed E-state index contributed by atoms with van der Waals surface area (Å²) >= 11 is 1.48. The number of carbonyl (C=O) groups is 2. The fourth-order valence-corrected chi connectivity index (χ4v) is 5.84. The van der Waals surface area contributed by atoms with Gasteiger partial charge in [-0.15, -0.1) is 11.8 Å². The molecule has 1 aliphatic heterocycles. The van der Waals surface area contributed by atoms with Crippen LogP contribution >= 0.6 is 11.8 Å². The Morgan fingerprint density at radius 1 is 1.00 bits per heavy atom. The van der Waals surface area contributed by atoms with Crippen LogP contribution in [0.4, 0.5) is 0 Å². The van der Waals surface area contributed by atoms with Crippen molar-refractivity contribution in [2.24, 2.45) is 5.92 Å². The number of carbonyl (C=O) groups excluding carboxylic acids is 2. The van der Waals surface area contributed by atoms with Gasteiger partial charge in [0.15, 0.2) is 11.6 Å². The second-order valence-corrected chi connectivity index (χ2v) is 10.4. The molecule has 2 aromatic carbocycles. The molecule has 3 atom stereocenters. The normalized spacial score (nSPS) is 18.5. The first-order valence-corrected chi connectivity index (χ1v) is 12.8. The molecule has 4 heteroatoms. The summed E-state index contributed by atoms with van der Waals surface area (Å²) in [5.74, 6) is 0.506. The number of thioether (sulfide) groups is 1. The van der Waals surface area contributed by atoms with E-state index in [9.17, 15) is 9.59 Å². The third-order valence-corrected chi connectivity index (χ3v) is 7.64. The molecular formula is C30H35NO2S. The SMILES string of the molecule is C=C(SCC(=O)C1NC(C)=C(C(C)=O)C1C)C(C(=C)c1ccccc1)c1ccccc1C(C)C. The maximum Gasteiger partial charge on any atom is 0.165 e. The lowest BCUT2D eigenvalue weighted by atomic mass is 9.82. The van der Waals surface area contributed by atoms with E-state index in [0.717, 1.165) is 27.3 Å². The van der Waals surface area contributed by atoms with Crippen LogP contribution < -0.4 is 5.32 Å². The van der Waals surface area contributed by atoms with E-state index in [1.807, 2.05) is 32.0 Å². The molecule has 3 rings (SSSR count). The molecule has 178 valence electrons. The number of nitrogens with one attached hydrogen (secondary N) is 1. The van der Waals surface area contributed by atoms with E-state index in [4.69, 9.17) is 0 Å². The molecule has 3 unspecified atom stereocenters. The molecule has 2 aromatic rings. The standard InChI is InChI=1S/C30H35NO2S/c1-18(2)25-15-11-12-16-26(25)29(19(3)24-13-9-8-10-14-24)23(7)34-17-27(33)30-20(4)28(22(6)32)21(5)31-30/h8-16,18,20,29-31H,3,7,17H2,1-2,4-6H3. The second kappa shape index (κ2) is 11.1. The minimum atomic E-state index is -0.377. The highest BCUT2D eigenvalue weighted by Gasteiger charge is 2.36. The molecule has 34 heavy (non-hydrogen) atoms. The van der Waals surface area contributed by atoms with E-state index in [-0.39, 0.29) is 29.4 Å². The highest BCUT2D eigenvalue weighted by atomic mass is 32.2. The van der Waals surface area contributed by atoms with Crippen molar-refractivity contribution in [3.8, 4) is 0 Å². The first-order valence-electron chi connectivity index (χ1n) is 11.8. The zero-order valence-electron chi connectivity index (χ0n) is 20.9. The van der Waals surface area contributed by atoms with Gasteiger partial charge >= 0.3 is 0 Å². The van der Waals surface area contributed by atoms with Crippen molar-refractivity contribution in [3.63, 3.8) is 0 Å². The van der Waals surface area contributed by atoms with Crippen LogP contribution in [0, 0.1) is 5.92 Å². The Morgan fingerprint density at radius 2 is 1.59 bits per heavy atom. The highest BCUT2D eigenvalue weighted by molar-refractivity contribution is 8.03. The average molecular weight is 474 g/mol. The van der Waals surface area contributed by atoms with Crippen molar-refractivity contribution in [1.29, 1.82) is 0 Å². The van der Waals surface area contributed by atoms with E-state index in [2.05, 4.69) is 68.7 Å². The van der Waals surface area contributed by atoms with Gasteiger partial charge in [0, 0.05) is 23.1 Å². The number of allylic oxidation sites excluding steroid dienone is 3. The number of hydrogen-bond donors (Lipinski definition) is 1. The number of ketones is 2. The van der Waals surface area contributed by atoms with Crippen LogP contribution in [0.1, 0.15) is 63.1 Å². The van der Waals surface area contributed by atoms with E-state index in [1.165, 1.54) is 22.9 Å². The molecule has 1 N–H and O–H groups in total. The lowest BCUT2D eigenvalue weighted by molar-refractivity contribution is -0.119. The predicted molar refractivity (Wildman–Crippen MR) is 145 cm³/mol. The Labute approximate surface area is 208 Å². The summed E-state index contributed by atoms with van der Waals surface area (Å²) in [4.78, 5) is 26.1. The lowest BCUT2D eigenvalue weighted by Crippen LogP contribution is -2.37. The van der Waals surface area contributed by atoms with Gasteiger partial charge in [-0.25, -0.2) is 0 Å². The third kappa shape index (κ3) is 5.44. The van der Waals surface area contributed by atoms with Crippen molar-refractivity contribution in [2.45, 2.75) is 52.5 Å². The van der Waals surface area contributed by atoms with Crippen LogP contribution in [0.15, 0.2) is 83.9 Å². The molecule has 0 spiro atoms. The number of hydrogen-bond acceptors (Lipinski definition) is 4. The van der Waals surface area contributed by atoms with Gasteiger partial charge in [0.2, 0.25) is 0 Å². The summed E-state index contributed by atoms with van der Waals surface area (Å²) in [6.07, 6.45) is 0. The van der Waals surface area contributed by atoms with Gasteiger partial charge < -0.3 is 5.32 Å². The summed E-state index contributed by atoms with van der Waals surface area (Å²) in [6, 6.07) is 18.2. The molecule has 0 radical (unpaired) electrons. The van der Waals surface area contributed by atoms with Gasteiger partial charge in [-0.2, -0.15) is 0 Å². The molecule has 0 fully saturated rings. The molecule has 0 amide bonds. The Morgan fingerprint density at radius 3 is 2.15 bits per heavy atom. The summed E-state index contributed by atoms with van der Waals surface area (Å²) in [5, 5.41) is 3.24. The fraction of sp³-hybridized carbons (Fsp3) is 0.333. The molecule has 0 bridgehead atoms. The van der Waals surface area contributed by atoms with Gasteiger partial charge in [-0.05, 0) is 46.9 Å². The summed E-state index contributed by atoms with van der Waals surface area (Å²) in [5.41, 5.74) is 6.01. The molecule has 0 saturated heterocycles. The van der Waals surface area contributed by atoms with Crippen LogP contribution in [0.5, 0.6) is 0 Å². The average Bonchev–Trinajstić information content (AvgIpc) is 3.12. The van der Waals surface area contributed by atoms with Gasteiger partial charge in [-0.3, -0.25) is 9.59 Å². The monoisotopic (exact) mass is 473 g/mol. The molecule has 0 aliphatic carbocycles. The van der Waals surface area contributed by atoms with Crippen molar-refractivity contribution >= 4 is 28.9 Å². The van der Waals surface area contributed by atoms with Crippen LogP contribution in [0.3, 0.4) is 0 Å². The van der Waals surface area contributed by atoms with Crippen LogP contribution in [0.2, 0.25) is 0 Å². The predicted octanol–water partition coefficient (Wildman–Crippen LogP) is 6.89. The van der Waals surface area contributed by atoms with Crippen molar-refractivity contribution in [3.05, 3.63) is 101 Å². The summed E-state index contributed by atoms with van der Waals surface area (Å²) < 4.78 is 0. The Kier molecular flexibility index (Phi) is 8.37.